The maximum atomic E-state index is 12.0. The summed E-state index contributed by atoms with van der Waals surface area (Å²) in [7, 11) is 3.16. The highest BCUT2D eigenvalue weighted by molar-refractivity contribution is 6.43. The number of halogens is 3. The Kier molecular flexibility index (Phi) is 7.12. The summed E-state index contributed by atoms with van der Waals surface area (Å²) in [5, 5.41) is 1.10. The van der Waals surface area contributed by atoms with Crippen LogP contribution in [-0.2, 0) is 16.1 Å². The Morgan fingerprint density at radius 2 is 1.69 bits per heavy atom. The van der Waals surface area contributed by atoms with Gasteiger partial charge in [-0.15, -0.1) is 0 Å². The number of aromatic nitrogens is 2. The molecule has 0 N–H and O–H groups in total. The van der Waals surface area contributed by atoms with Crippen molar-refractivity contribution in [3.63, 3.8) is 0 Å². The molecule has 0 saturated carbocycles. The molecule has 2 saturated heterocycles. The zero-order chi connectivity index (χ0) is 25.4. The fraction of sp³-hybridized carbons (Fsp3) is 0.346. The van der Waals surface area contributed by atoms with Crippen LogP contribution in [0.15, 0.2) is 42.6 Å². The molecule has 7 nitrogen and oxygen atoms in total. The Morgan fingerprint density at radius 1 is 0.972 bits per heavy atom. The normalized spacial score (nSPS) is 16.5. The average molecular weight is 548 g/mol. The molecule has 2 aromatic heterocycles. The summed E-state index contributed by atoms with van der Waals surface area (Å²) < 4.78 is 10.6. The molecule has 2 aliphatic heterocycles. The second kappa shape index (κ2) is 10.1. The zero-order valence-electron chi connectivity index (χ0n) is 19.9. The molecule has 3 aromatic rings. The molecule has 0 bridgehead atoms. The molecule has 1 amide bonds. The lowest BCUT2D eigenvalue weighted by Crippen LogP contribution is -2.72. The Labute approximate surface area is 224 Å². The molecule has 2 fully saturated rings. The highest BCUT2D eigenvalue weighted by atomic mass is 35.5. The number of carbonyl (C=O) groups is 1. The number of methoxy groups -OCH3 is 2. The second-order valence-electron chi connectivity index (χ2n) is 9.32. The minimum Gasteiger partial charge on any atom is -0.481 e. The first-order valence-corrected chi connectivity index (χ1v) is 12.6. The number of amides is 1. The summed E-state index contributed by atoms with van der Waals surface area (Å²) in [5.41, 5.74) is 4.12. The van der Waals surface area contributed by atoms with E-state index in [1.165, 1.54) is 0 Å². The Morgan fingerprint density at radius 3 is 2.42 bits per heavy atom. The van der Waals surface area contributed by atoms with Crippen LogP contribution in [0.2, 0.25) is 15.2 Å². The van der Waals surface area contributed by atoms with Gasteiger partial charge in [-0.05, 0) is 12.1 Å². The SMILES string of the molecule is COCC(=O)N1CC2(CN(Cc3ccc(-c4cccc(-c5ccnc(Cl)c5Cl)c4Cl)nc3OC)C2)C1. The van der Waals surface area contributed by atoms with Crippen molar-refractivity contribution in [3.05, 3.63) is 63.4 Å². The number of carbonyl (C=O) groups excluding carboxylic acids is 1. The Bertz CT molecular complexity index is 1310. The third-order valence-corrected chi connectivity index (χ3v) is 7.90. The number of nitrogens with zero attached hydrogens (tertiary/aromatic N) is 4. The number of rotatable bonds is 7. The smallest absolute Gasteiger partial charge is 0.248 e. The number of hydrogen-bond acceptors (Lipinski definition) is 6. The van der Waals surface area contributed by atoms with E-state index in [9.17, 15) is 4.79 Å². The van der Waals surface area contributed by atoms with Crippen LogP contribution in [0.5, 0.6) is 5.88 Å². The van der Waals surface area contributed by atoms with Crippen LogP contribution in [0, 0.1) is 5.41 Å². The molecular weight excluding hydrogens is 523 g/mol. The topological polar surface area (TPSA) is 67.8 Å². The van der Waals surface area contributed by atoms with Gasteiger partial charge in [0.25, 0.3) is 0 Å². The Hall–Kier alpha value is -2.42. The molecule has 10 heteroatoms. The third kappa shape index (κ3) is 4.66. The van der Waals surface area contributed by atoms with Crippen LogP contribution in [0.25, 0.3) is 22.4 Å². The quantitative estimate of drug-likeness (QED) is 0.385. The molecule has 0 unspecified atom stereocenters. The van der Waals surface area contributed by atoms with Crippen molar-refractivity contribution >= 4 is 40.7 Å². The van der Waals surface area contributed by atoms with Gasteiger partial charge in [0.05, 0.1) is 22.8 Å². The minimum absolute atomic E-state index is 0.0556. The number of benzene rings is 1. The maximum absolute atomic E-state index is 12.0. The van der Waals surface area contributed by atoms with Gasteiger partial charge in [0.15, 0.2) is 0 Å². The summed E-state index contributed by atoms with van der Waals surface area (Å²) in [5.74, 6) is 0.616. The summed E-state index contributed by atoms with van der Waals surface area (Å²) in [6, 6.07) is 11.5. The summed E-state index contributed by atoms with van der Waals surface area (Å²) in [6.07, 6.45) is 1.60. The fourth-order valence-corrected chi connectivity index (χ4v) is 5.79. The van der Waals surface area contributed by atoms with E-state index >= 15 is 0 Å². The van der Waals surface area contributed by atoms with Gasteiger partial charge in [-0.25, -0.2) is 9.97 Å². The molecule has 5 rings (SSSR count). The molecule has 36 heavy (non-hydrogen) atoms. The van der Waals surface area contributed by atoms with E-state index in [0.717, 1.165) is 49.4 Å². The van der Waals surface area contributed by atoms with Crippen molar-refractivity contribution in [2.75, 3.05) is 47.0 Å². The van der Waals surface area contributed by atoms with Crippen molar-refractivity contribution in [2.45, 2.75) is 6.54 Å². The third-order valence-electron chi connectivity index (χ3n) is 6.73. The van der Waals surface area contributed by atoms with Crippen LogP contribution in [0.3, 0.4) is 0 Å². The van der Waals surface area contributed by atoms with Crippen LogP contribution >= 0.6 is 34.8 Å². The van der Waals surface area contributed by atoms with Crippen molar-refractivity contribution in [3.8, 4) is 28.3 Å². The molecule has 0 aliphatic carbocycles. The van der Waals surface area contributed by atoms with E-state index in [-0.39, 0.29) is 23.1 Å². The standard InChI is InChI=1S/C26H25Cl3N4O3/c1-35-11-21(34)33-14-26(15-33)12-32(13-26)10-16-6-7-20(31-25(16)36-2)19-5-3-4-17(22(19)27)18-8-9-30-24(29)23(18)28/h3-9H,10-15H2,1-2H3. The number of pyridine rings is 2. The van der Waals surface area contributed by atoms with E-state index in [4.69, 9.17) is 49.3 Å². The van der Waals surface area contributed by atoms with Gasteiger partial charge < -0.3 is 14.4 Å². The van der Waals surface area contributed by atoms with Crippen LogP contribution < -0.4 is 4.74 Å². The van der Waals surface area contributed by atoms with Crippen LogP contribution in [-0.4, -0.2) is 72.7 Å². The van der Waals surface area contributed by atoms with Crippen LogP contribution in [0.4, 0.5) is 0 Å². The lowest BCUT2D eigenvalue weighted by atomic mass is 9.72. The van der Waals surface area contributed by atoms with Gasteiger partial charge in [0, 0.05) is 73.7 Å². The Balaban J connectivity index is 1.31. The monoisotopic (exact) mass is 546 g/mol. The van der Waals surface area contributed by atoms with Gasteiger partial charge in [0.2, 0.25) is 11.8 Å². The molecule has 4 heterocycles. The van der Waals surface area contributed by atoms with Gasteiger partial charge in [-0.2, -0.15) is 0 Å². The summed E-state index contributed by atoms with van der Waals surface area (Å²) >= 11 is 19.3. The first kappa shape index (κ1) is 25.2. The highest BCUT2D eigenvalue weighted by Gasteiger charge is 2.52. The van der Waals surface area contributed by atoms with Crippen molar-refractivity contribution in [1.29, 1.82) is 0 Å². The lowest BCUT2D eigenvalue weighted by molar-refractivity contribution is -0.163. The van der Waals surface area contributed by atoms with E-state index in [1.807, 2.05) is 35.2 Å². The zero-order valence-corrected chi connectivity index (χ0v) is 22.2. The molecule has 0 radical (unpaired) electrons. The van der Waals surface area contributed by atoms with Gasteiger partial charge in [-0.1, -0.05) is 59.1 Å². The molecular formula is C26H25Cl3N4O3. The average Bonchev–Trinajstić information content (AvgIpc) is 2.82. The van der Waals surface area contributed by atoms with Gasteiger partial charge in [-0.3, -0.25) is 9.69 Å². The first-order valence-electron chi connectivity index (χ1n) is 11.5. The number of likely N-dealkylation sites (tertiary alicyclic amines) is 2. The minimum atomic E-state index is 0.0556. The fourth-order valence-electron chi connectivity index (χ4n) is 5.09. The van der Waals surface area contributed by atoms with E-state index in [2.05, 4.69) is 9.88 Å². The van der Waals surface area contributed by atoms with E-state index in [1.54, 1.807) is 26.5 Å². The molecule has 1 spiro atoms. The highest BCUT2D eigenvalue weighted by Crippen LogP contribution is 2.42. The van der Waals surface area contributed by atoms with Gasteiger partial charge in [0.1, 0.15) is 11.8 Å². The lowest BCUT2D eigenvalue weighted by Gasteiger charge is -2.60. The first-order chi connectivity index (χ1) is 17.3. The molecule has 2 aliphatic rings. The summed E-state index contributed by atoms with van der Waals surface area (Å²) in [6.45, 7) is 4.34. The van der Waals surface area contributed by atoms with Crippen molar-refractivity contribution in [1.82, 2.24) is 19.8 Å². The summed E-state index contributed by atoms with van der Waals surface area (Å²) in [4.78, 5) is 24.9. The molecule has 0 atom stereocenters. The van der Waals surface area contributed by atoms with Gasteiger partial charge >= 0.3 is 0 Å². The van der Waals surface area contributed by atoms with Crippen molar-refractivity contribution in [2.24, 2.45) is 5.41 Å². The van der Waals surface area contributed by atoms with Crippen molar-refractivity contribution < 1.29 is 14.3 Å². The van der Waals surface area contributed by atoms with E-state index in [0.29, 0.717) is 27.2 Å². The van der Waals surface area contributed by atoms with E-state index < -0.39 is 0 Å². The number of hydrogen-bond donors (Lipinski definition) is 0. The largest absolute Gasteiger partial charge is 0.481 e. The number of ether oxygens (including phenoxy) is 2. The molecule has 188 valence electrons. The predicted octanol–water partition coefficient (Wildman–Crippen LogP) is 5.07. The molecule has 1 aromatic carbocycles. The maximum Gasteiger partial charge on any atom is 0.248 e. The predicted molar refractivity (Wildman–Crippen MR) is 141 cm³/mol. The second-order valence-corrected chi connectivity index (χ2v) is 10.4. The van der Waals surface area contributed by atoms with Crippen LogP contribution in [0.1, 0.15) is 5.56 Å².